The third-order valence-electron chi connectivity index (χ3n) is 8.62. The zero-order valence-corrected chi connectivity index (χ0v) is 44.3. The molecular weight excluding hydrogens is 1020 g/mol. The summed E-state index contributed by atoms with van der Waals surface area (Å²) in [6.07, 6.45) is 0.508. The van der Waals surface area contributed by atoms with Gasteiger partial charge in [0.25, 0.3) is 20.2 Å². The van der Waals surface area contributed by atoms with Crippen LogP contribution in [0.2, 0.25) is 0 Å². The van der Waals surface area contributed by atoms with Crippen LogP contribution in [0.1, 0.15) is 25.0 Å². The van der Waals surface area contributed by atoms with Crippen molar-refractivity contribution in [3.63, 3.8) is 0 Å². The zero-order chi connectivity index (χ0) is 49.6. The van der Waals surface area contributed by atoms with Gasteiger partial charge in [-0.1, -0.05) is 36.4 Å². The van der Waals surface area contributed by atoms with E-state index in [9.17, 15) is 62.1 Å². The number of rotatable bonds is 14. The number of aromatic amines is 6. The topological polar surface area (TPSA) is 432 Å². The Balaban J connectivity index is 0.00000533. The Hall–Kier alpha value is -5.00. The van der Waals surface area contributed by atoms with Crippen molar-refractivity contribution in [1.29, 1.82) is 0 Å². The van der Waals surface area contributed by atoms with Crippen LogP contribution >= 0.6 is 0 Å². The van der Waals surface area contributed by atoms with E-state index < -0.39 is 72.3 Å². The minimum Gasteiger partial charge on any atom is -0.744 e. The number of aromatic nitrogens is 6. The van der Waals surface area contributed by atoms with Gasteiger partial charge in [-0.25, -0.2) is 46.8 Å². The molecule has 70 heavy (non-hydrogen) atoms. The summed E-state index contributed by atoms with van der Waals surface area (Å²) in [5, 5.41) is 19.6. The molecule has 0 spiro atoms. The zero-order valence-electron chi connectivity index (χ0n) is 37.0. The first-order chi connectivity index (χ1) is 31.8. The molecule has 2 heterocycles. The van der Waals surface area contributed by atoms with Gasteiger partial charge in [-0.2, -0.15) is 16.8 Å². The summed E-state index contributed by atoms with van der Waals surface area (Å²) in [6.45, 7) is 2.74. The molecule has 6 aromatic rings. The van der Waals surface area contributed by atoms with Gasteiger partial charge in [0.05, 0.1) is 57.8 Å². The van der Waals surface area contributed by atoms with Crippen molar-refractivity contribution in [2.24, 2.45) is 30.0 Å². The Morgan fingerprint density at radius 3 is 1.07 bits per heavy atom. The first-order valence-electron chi connectivity index (χ1n) is 19.2. The Morgan fingerprint density at radius 1 is 0.486 bits per heavy atom. The molecule has 0 aliphatic carbocycles. The maximum Gasteiger partial charge on any atom is 1.00 e. The van der Waals surface area contributed by atoms with Gasteiger partial charge in [0.1, 0.15) is 30.0 Å². The molecule has 4 aromatic carbocycles. The van der Waals surface area contributed by atoms with Gasteiger partial charge >= 0.3 is 59.1 Å². The third kappa shape index (κ3) is 16.8. The van der Waals surface area contributed by atoms with Crippen molar-refractivity contribution < 1.29 is 121 Å². The number of benzene rings is 4. The average molecular weight is 1060 g/mol. The number of hydrogen-bond donors (Lipinski definition) is 10. The third-order valence-corrected chi connectivity index (χ3v) is 12.1. The number of nitrogens with zero attached hydrogens (tertiary/aromatic N) is 6. The second kappa shape index (κ2) is 23.9. The Morgan fingerprint density at radius 2 is 0.786 bits per heavy atom. The predicted octanol–water partition coefficient (Wildman–Crippen LogP) is -6.37. The molecule has 0 saturated carbocycles. The smallest absolute Gasteiger partial charge is 0.744 e. The second-order valence-corrected chi connectivity index (χ2v) is 19.8. The summed E-state index contributed by atoms with van der Waals surface area (Å²) in [5.74, 6) is 0. The molecule has 0 aliphatic rings. The largest absolute Gasteiger partial charge is 1.00 e. The molecule has 360 valence electrons. The maximum atomic E-state index is 12.7. The van der Waals surface area contributed by atoms with Gasteiger partial charge in [-0.05, 0) is 85.6 Å². The van der Waals surface area contributed by atoms with Crippen LogP contribution in [-0.4, -0.2) is 117 Å². The van der Waals surface area contributed by atoms with E-state index in [4.69, 9.17) is 0 Å². The van der Waals surface area contributed by atoms with Gasteiger partial charge in [-0.3, -0.25) is 39.0 Å². The molecule has 2 aromatic heterocycles. The molecule has 0 fully saturated rings. The monoisotopic (exact) mass is 1060 g/mol. The van der Waals surface area contributed by atoms with Crippen LogP contribution in [0.25, 0.3) is 12.2 Å². The number of nitrogens with one attached hydrogen (secondary N) is 6. The summed E-state index contributed by atoms with van der Waals surface area (Å²) < 4.78 is 141. The fourth-order valence-electron chi connectivity index (χ4n) is 5.71. The van der Waals surface area contributed by atoms with Crippen molar-refractivity contribution in [3.8, 4) is 0 Å². The van der Waals surface area contributed by atoms with Crippen molar-refractivity contribution >= 4 is 75.4 Å². The van der Waals surface area contributed by atoms with Crippen molar-refractivity contribution in [3.05, 3.63) is 130 Å². The quantitative estimate of drug-likeness (QED) is 0.0276. The Bertz CT molecular complexity index is 3610. The van der Waals surface area contributed by atoms with E-state index in [-0.39, 0.29) is 140 Å². The standard InChI is InChI=1S/C38H40N12O14S4.2Na/c1-21(51)19-39-33-45-35(41-25-5-3-7-29(15-25)65(53,54)55)49-37(47-33)43-27-13-11-23(31(17-27)67(59,60)61)9-10-24-12-14-28(18-32(24)68(62,63)64)44-38-48-34(40-20-22(2)52)46-36(50-38)42-26-6-4-8-30(16-26)66(56,57)58;;/h3-18,21-22,51-52H,19-20H2,1-2H3,(H,53,54,55)(H,56,57,58)(H,59,60,61)(H,62,63,64)(H3,39,41,43,45,47,49)(H3,40,42,44,46,48,50);;/q;2*+1/p-2/b10-9+;;. The summed E-state index contributed by atoms with van der Waals surface area (Å²) in [7, 11) is -19.7. The van der Waals surface area contributed by atoms with Gasteiger partial charge in [0.2, 0.25) is 33.7 Å². The van der Waals surface area contributed by atoms with Gasteiger partial charge in [0.15, 0.2) is 0 Å². The Labute approximate surface area is 441 Å². The van der Waals surface area contributed by atoms with E-state index in [0.717, 1.165) is 48.6 Å². The number of aliphatic hydroxyl groups excluding tert-OH is 2. The van der Waals surface area contributed by atoms with Crippen LogP contribution in [0.4, 0.5) is 22.7 Å². The van der Waals surface area contributed by atoms with Gasteiger partial charge in [0, 0.05) is 0 Å². The van der Waals surface area contributed by atoms with E-state index in [1.54, 1.807) is 0 Å². The number of aliphatic hydroxyl groups is 2. The number of H-pyrrole nitrogens is 6. The molecule has 0 saturated heterocycles. The van der Waals surface area contributed by atoms with E-state index in [1.807, 2.05) is 0 Å². The van der Waals surface area contributed by atoms with Gasteiger partial charge < -0.3 is 19.3 Å². The number of hydrogen-bond acceptors (Lipinski definition) is 18. The summed E-state index contributed by atoms with van der Waals surface area (Å²) in [4.78, 5) is 39.6. The van der Waals surface area contributed by atoms with Crippen molar-refractivity contribution in [2.75, 3.05) is 13.1 Å². The minimum absolute atomic E-state index is 0. The molecule has 26 nitrogen and oxygen atoms in total. The fourth-order valence-corrected chi connectivity index (χ4v) is 8.14. The summed E-state index contributed by atoms with van der Waals surface area (Å²) >= 11 is 0. The first kappa shape index (κ1) is 57.6. The molecule has 2 unspecified atom stereocenters. The SMILES string of the molecule is CC(O)CN=c1[nH]c(=Nc2cccc(S(=O)(=O)[O-])c2)[nH]c(=Nc2ccc(/C=C/c3ccc(N=c4[nH]c(=NCC(C)O)[nH]c(=Nc5cccc(S(=O)(=O)[O-])c5)[nH]4)cc3S(=O)(=O)O)c(S(=O)(=O)O)c2)[nH]1.[Na+].[Na+]. The second-order valence-electron chi connectivity index (χ2n) is 14.3. The van der Waals surface area contributed by atoms with E-state index in [1.165, 1.54) is 62.4 Å². The summed E-state index contributed by atoms with van der Waals surface area (Å²) in [6, 6.07) is 16.6. The molecule has 0 amide bonds. The predicted molar refractivity (Wildman–Crippen MR) is 234 cm³/mol. The Kier molecular flexibility index (Phi) is 19.7. The van der Waals surface area contributed by atoms with Crippen LogP contribution < -0.4 is 92.8 Å². The van der Waals surface area contributed by atoms with Crippen LogP contribution in [0, 0.1) is 0 Å². The molecular formula is C38H38N12Na2O14S4. The molecule has 0 radical (unpaired) electrons. The van der Waals surface area contributed by atoms with Crippen LogP contribution in [0.5, 0.6) is 0 Å². The minimum atomic E-state index is -5.01. The van der Waals surface area contributed by atoms with Crippen LogP contribution in [0.15, 0.2) is 134 Å². The molecule has 6 rings (SSSR count). The molecule has 0 bridgehead atoms. The maximum absolute atomic E-state index is 12.7. The van der Waals surface area contributed by atoms with Gasteiger partial charge in [-0.15, -0.1) is 0 Å². The van der Waals surface area contributed by atoms with Crippen molar-refractivity contribution in [2.45, 2.75) is 45.6 Å². The molecule has 2 atom stereocenters. The van der Waals surface area contributed by atoms with Crippen molar-refractivity contribution in [1.82, 2.24) is 29.9 Å². The molecule has 10 N–H and O–H groups in total. The average Bonchev–Trinajstić information content (AvgIpc) is 3.23. The fraction of sp³-hybridized carbons (Fsp3) is 0.158. The first-order valence-corrected chi connectivity index (χ1v) is 24.9. The van der Waals surface area contributed by atoms with Crippen LogP contribution in [-0.2, 0) is 40.5 Å². The van der Waals surface area contributed by atoms with E-state index in [2.05, 4.69) is 59.9 Å². The normalized spacial score (nSPS) is 15.0. The summed E-state index contributed by atoms with van der Waals surface area (Å²) in [5.41, 5.74) is -0.929. The van der Waals surface area contributed by atoms with E-state index in [0.29, 0.717) is 0 Å². The molecule has 0 aliphatic heterocycles. The molecule has 32 heteroatoms. The van der Waals surface area contributed by atoms with Crippen LogP contribution in [0.3, 0.4) is 0 Å². The van der Waals surface area contributed by atoms with E-state index >= 15 is 0 Å².